The Balaban J connectivity index is 1.89. The van der Waals surface area contributed by atoms with E-state index >= 15 is 0 Å². The molecule has 2 aromatic rings. The molecule has 0 fully saturated rings. The number of hydrogen-bond acceptors (Lipinski definition) is 4. The second-order valence-electron chi connectivity index (χ2n) is 4.73. The SMILES string of the molecule is Cc1cc(NC2c3ccccc3CC2N)ncn1. The monoisotopic (exact) mass is 240 g/mol. The summed E-state index contributed by atoms with van der Waals surface area (Å²) in [6.45, 7) is 1.95. The minimum atomic E-state index is 0.0951. The summed E-state index contributed by atoms with van der Waals surface area (Å²) in [7, 11) is 0. The topological polar surface area (TPSA) is 63.8 Å². The van der Waals surface area contributed by atoms with E-state index in [1.54, 1.807) is 6.33 Å². The van der Waals surface area contributed by atoms with Crippen molar-refractivity contribution in [1.29, 1.82) is 0 Å². The number of nitrogens with two attached hydrogens (primary N) is 1. The highest BCUT2D eigenvalue weighted by Gasteiger charge is 2.29. The molecule has 2 unspecified atom stereocenters. The number of rotatable bonds is 2. The molecule has 3 N–H and O–H groups in total. The van der Waals surface area contributed by atoms with Crippen molar-refractivity contribution >= 4 is 5.82 Å². The molecule has 0 saturated carbocycles. The number of anilines is 1. The van der Waals surface area contributed by atoms with E-state index in [9.17, 15) is 0 Å². The second kappa shape index (κ2) is 4.38. The van der Waals surface area contributed by atoms with Crippen LogP contribution in [0.25, 0.3) is 0 Å². The molecule has 0 amide bonds. The quantitative estimate of drug-likeness (QED) is 0.840. The summed E-state index contributed by atoms with van der Waals surface area (Å²) < 4.78 is 0. The minimum absolute atomic E-state index is 0.0951. The first-order valence-corrected chi connectivity index (χ1v) is 6.12. The van der Waals surface area contributed by atoms with Crippen LogP contribution in [-0.2, 0) is 6.42 Å². The molecule has 3 rings (SSSR count). The van der Waals surface area contributed by atoms with Gasteiger partial charge in [-0.15, -0.1) is 0 Å². The lowest BCUT2D eigenvalue weighted by Crippen LogP contribution is -2.30. The van der Waals surface area contributed by atoms with Crippen molar-refractivity contribution in [1.82, 2.24) is 9.97 Å². The van der Waals surface area contributed by atoms with Gasteiger partial charge in [-0.1, -0.05) is 24.3 Å². The first-order valence-electron chi connectivity index (χ1n) is 6.12. The predicted octanol–water partition coefficient (Wildman–Crippen LogP) is 1.82. The number of aryl methyl sites for hydroxylation is 1. The van der Waals surface area contributed by atoms with Crippen LogP contribution in [0.2, 0.25) is 0 Å². The number of nitrogens with one attached hydrogen (secondary N) is 1. The normalized spacial score (nSPS) is 21.7. The largest absolute Gasteiger partial charge is 0.362 e. The van der Waals surface area contributed by atoms with Crippen molar-refractivity contribution in [2.45, 2.75) is 25.4 Å². The third-order valence-electron chi connectivity index (χ3n) is 3.38. The number of benzene rings is 1. The smallest absolute Gasteiger partial charge is 0.130 e. The van der Waals surface area contributed by atoms with Crippen molar-refractivity contribution in [2.75, 3.05) is 5.32 Å². The predicted molar refractivity (Wildman–Crippen MR) is 71.3 cm³/mol. The average molecular weight is 240 g/mol. The van der Waals surface area contributed by atoms with E-state index < -0.39 is 0 Å². The van der Waals surface area contributed by atoms with Gasteiger partial charge in [-0.3, -0.25) is 0 Å². The Morgan fingerprint density at radius 2 is 2.11 bits per heavy atom. The molecule has 1 aromatic heterocycles. The van der Waals surface area contributed by atoms with E-state index in [0.29, 0.717) is 0 Å². The number of fused-ring (bicyclic) bond motifs is 1. The van der Waals surface area contributed by atoms with Crippen molar-refractivity contribution in [3.8, 4) is 0 Å². The fourth-order valence-electron chi connectivity index (χ4n) is 2.50. The van der Waals surface area contributed by atoms with E-state index in [4.69, 9.17) is 5.73 Å². The van der Waals surface area contributed by atoms with Gasteiger partial charge in [0.2, 0.25) is 0 Å². The van der Waals surface area contributed by atoms with Crippen LogP contribution in [0.5, 0.6) is 0 Å². The molecule has 0 radical (unpaired) electrons. The third kappa shape index (κ3) is 1.95. The molecule has 1 aromatic carbocycles. The average Bonchev–Trinajstić information content (AvgIpc) is 2.66. The highest BCUT2D eigenvalue weighted by Crippen LogP contribution is 2.32. The van der Waals surface area contributed by atoms with E-state index in [1.165, 1.54) is 11.1 Å². The van der Waals surface area contributed by atoms with Gasteiger partial charge in [-0.2, -0.15) is 0 Å². The van der Waals surface area contributed by atoms with Gasteiger partial charge in [-0.25, -0.2) is 9.97 Å². The maximum atomic E-state index is 6.21. The lowest BCUT2D eigenvalue weighted by Gasteiger charge is -2.19. The molecule has 4 heteroatoms. The molecule has 0 saturated heterocycles. The molecule has 1 aliphatic carbocycles. The molecule has 92 valence electrons. The lowest BCUT2D eigenvalue weighted by atomic mass is 10.1. The highest BCUT2D eigenvalue weighted by molar-refractivity contribution is 5.45. The molecule has 18 heavy (non-hydrogen) atoms. The van der Waals surface area contributed by atoms with Gasteiger partial charge in [0.25, 0.3) is 0 Å². The van der Waals surface area contributed by atoms with Crippen LogP contribution >= 0.6 is 0 Å². The molecular weight excluding hydrogens is 224 g/mol. The van der Waals surface area contributed by atoms with Gasteiger partial charge in [0.1, 0.15) is 12.1 Å². The molecule has 0 aliphatic heterocycles. The zero-order valence-electron chi connectivity index (χ0n) is 10.3. The summed E-state index contributed by atoms with van der Waals surface area (Å²) in [4.78, 5) is 8.33. The third-order valence-corrected chi connectivity index (χ3v) is 3.38. The van der Waals surface area contributed by atoms with E-state index in [0.717, 1.165) is 17.9 Å². The van der Waals surface area contributed by atoms with Crippen LogP contribution in [-0.4, -0.2) is 16.0 Å². The maximum absolute atomic E-state index is 6.21. The Hall–Kier alpha value is -1.94. The van der Waals surface area contributed by atoms with Crippen LogP contribution in [0.3, 0.4) is 0 Å². The summed E-state index contributed by atoms with van der Waals surface area (Å²) in [6.07, 6.45) is 2.49. The molecule has 4 nitrogen and oxygen atoms in total. The van der Waals surface area contributed by atoms with Gasteiger partial charge >= 0.3 is 0 Å². The summed E-state index contributed by atoms with van der Waals surface area (Å²) in [5, 5.41) is 3.41. The van der Waals surface area contributed by atoms with Crippen molar-refractivity contribution < 1.29 is 0 Å². The molecule has 0 bridgehead atoms. The van der Waals surface area contributed by atoms with Gasteiger partial charge in [0.15, 0.2) is 0 Å². The van der Waals surface area contributed by atoms with Crippen LogP contribution in [0.15, 0.2) is 36.7 Å². The van der Waals surface area contributed by atoms with Crippen LogP contribution in [0.1, 0.15) is 22.9 Å². The zero-order chi connectivity index (χ0) is 12.5. The standard InChI is InChI=1S/C14H16N4/c1-9-6-13(17-8-16-9)18-14-11-5-3-2-4-10(11)7-12(14)15/h2-6,8,12,14H,7,15H2,1H3,(H,16,17,18). The summed E-state index contributed by atoms with van der Waals surface area (Å²) in [5.74, 6) is 0.833. The van der Waals surface area contributed by atoms with Gasteiger partial charge in [-0.05, 0) is 24.5 Å². The Morgan fingerprint density at radius 3 is 2.94 bits per heavy atom. The Bertz CT molecular complexity index is 567. The Labute approximate surface area is 106 Å². The molecule has 0 spiro atoms. The van der Waals surface area contributed by atoms with E-state index in [2.05, 4.69) is 39.6 Å². The first kappa shape index (κ1) is 11.2. The first-order chi connectivity index (χ1) is 8.74. The Kier molecular flexibility index (Phi) is 2.72. The molecule has 1 aliphatic rings. The number of aromatic nitrogens is 2. The van der Waals surface area contributed by atoms with Crippen LogP contribution in [0.4, 0.5) is 5.82 Å². The van der Waals surface area contributed by atoms with Crippen molar-refractivity contribution in [2.24, 2.45) is 5.73 Å². The van der Waals surface area contributed by atoms with Crippen LogP contribution < -0.4 is 11.1 Å². The summed E-state index contributed by atoms with van der Waals surface area (Å²) >= 11 is 0. The van der Waals surface area contributed by atoms with Crippen LogP contribution in [0, 0.1) is 6.92 Å². The van der Waals surface area contributed by atoms with Gasteiger partial charge < -0.3 is 11.1 Å². The van der Waals surface area contributed by atoms with E-state index in [-0.39, 0.29) is 12.1 Å². The summed E-state index contributed by atoms with van der Waals surface area (Å²) in [6, 6.07) is 10.6. The fourth-order valence-corrected chi connectivity index (χ4v) is 2.50. The van der Waals surface area contributed by atoms with Gasteiger partial charge in [0, 0.05) is 17.8 Å². The fraction of sp³-hybridized carbons (Fsp3) is 0.286. The number of nitrogens with zero attached hydrogens (tertiary/aromatic N) is 2. The van der Waals surface area contributed by atoms with E-state index in [1.807, 2.05) is 13.0 Å². The molecular formula is C14H16N4. The molecule has 2 atom stereocenters. The Morgan fingerprint density at radius 1 is 1.28 bits per heavy atom. The summed E-state index contributed by atoms with van der Waals surface area (Å²) in [5.41, 5.74) is 9.77. The second-order valence-corrected chi connectivity index (χ2v) is 4.73. The van der Waals surface area contributed by atoms with Crippen molar-refractivity contribution in [3.63, 3.8) is 0 Å². The lowest BCUT2D eigenvalue weighted by molar-refractivity contribution is 0.623. The highest BCUT2D eigenvalue weighted by atomic mass is 15.1. The molecule has 1 heterocycles. The van der Waals surface area contributed by atoms with Crippen molar-refractivity contribution in [3.05, 3.63) is 53.5 Å². The zero-order valence-corrected chi connectivity index (χ0v) is 10.3. The minimum Gasteiger partial charge on any atom is -0.362 e. The van der Waals surface area contributed by atoms with Gasteiger partial charge in [0.05, 0.1) is 6.04 Å². The number of hydrogen-bond donors (Lipinski definition) is 2. The maximum Gasteiger partial charge on any atom is 0.130 e.